The minimum Gasteiger partial charge on any atom is -0.466 e. The summed E-state index contributed by atoms with van der Waals surface area (Å²) in [6.45, 7) is 4.29. The summed E-state index contributed by atoms with van der Waals surface area (Å²) in [5, 5.41) is 0. The third-order valence-electron chi connectivity index (χ3n) is 7.07. The Labute approximate surface area is 184 Å². The predicted octanol–water partition coefficient (Wildman–Crippen LogP) is 4.76. The van der Waals surface area contributed by atoms with Gasteiger partial charge in [0.15, 0.2) is 0 Å². The maximum atomic E-state index is 13.2. The molecule has 0 unspecified atom stereocenters. The molecule has 2 fully saturated rings. The molecule has 4 rings (SSSR count). The molecule has 1 amide bonds. The first kappa shape index (κ1) is 21.8. The van der Waals surface area contributed by atoms with E-state index in [1.54, 1.807) is 11.3 Å². The Morgan fingerprint density at radius 3 is 2.70 bits per heavy atom. The van der Waals surface area contributed by atoms with Gasteiger partial charge in [0.25, 0.3) is 5.91 Å². The van der Waals surface area contributed by atoms with Crippen LogP contribution in [0.5, 0.6) is 0 Å². The second kappa shape index (κ2) is 9.82. The molecule has 30 heavy (non-hydrogen) atoms. The molecule has 1 aliphatic carbocycles. The van der Waals surface area contributed by atoms with E-state index in [2.05, 4.69) is 6.07 Å². The van der Waals surface area contributed by atoms with E-state index < -0.39 is 5.41 Å². The summed E-state index contributed by atoms with van der Waals surface area (Å²) in [7, 11) is 0. The highest BCUT2D eigenvalue weighted by atomic mass is 32.1. The first-order valence-corrected chi connectivity index (χ1v) is 12.6. The number of likely N-dealkylation sites (tertiary alicyclic amines) is 1. The van der Waals surface area contributed by atoms with Gasteiger partial charge in [-0.25, -0.2) is 0 Å². The molecule has 6 heteroatoms. The monoisotopic (exact) mass is 433 g/mol. The molecule has 2 aliphatic heterocycles. The Hall–Kier alpha value is -1.40. The lowest BCUT2D eigenvalue weighted by Gasteiger charge is -2.42. The molecule has 1 aromatic rings. The van der Waals surface area contributed by atoms with Crippen LogP contribution in [0.4, 0.5) is 0 Å². The fourth-order valence-electron chi connectivity index (χ4n) is 5.25. The highest BCUT2D eigenvalue weighted by Crippen LogP contribution is 2.40. The van der Waals surface area contributed by atoms with Crippen molar-refractivity contribution in [3.8, 4) is 0 Å². The number of aryl methyl sites for hydroxylation is 2. The zero-order valence-electron chi connectivity index (χ0n) is 18.2. The summed E-state index contributed by atoms with van der Waals surface area (Å²) in [5.41, 5.74) is 0.870. The number of nitrogens with zero attached hydrogens (tertiary/aromatic N) is 1. The van der Waals surface area contributed by atoms with Crippen molar-refractivity contribution in [3.63, 3.8) is 0 Å². The van der Waals surface area contributed by atoms with Crippen LogP contribution in [0.1, 0.15) is 84.8 Å². The first-order chi connectivity index (χ1) is 14.6. The summed E-state index contributed by atoms with van der Waals surface area (Å²) in [4.78, 5) is 30.4. The summed E-state index contributed by atoms with van der Waals surface area (Å²) in [6.07, 6.45) is 11.5. The maximum absolute atomic E-state index is 13.2. The van der Waals surface area contributed by atoms with Crippen LogP contribution in [0.15, 0.2) is 6.07 Å². The number of carbonyl (C=O) groups is 2. The average Bonchev–Trinajstić information content (AvgIpc) is 3.05. The topological polar surface area (TPSA) is 55.8 Å². The van der Waals surface area contributed by atoms with Crippen molar-refractivity contribution < 1.29 is 19.1 Å². The van der Waals surface area contributed by atoms with E-state index in [9.17, 15) is 9.59 Å². The SMILES string of the molecule is CCOC(=O)C1(C[C@H]2CCCCO2)CCN(C(=O)c2cc3c(s2)CCCCC3)CC1. The summed E-state index contributed by atoms with van der Waals surface area (Å²) in [5.74, 6) is 0.0357. The second-order valence-corrected chi connectivity index (χ2v) is 10.2. The zero-order valence-corrected chi connectivity index (χ0v) is 19.1. The molecule has 0 bridgehead atoms. The quantitative estimate of drug-likeness (QED) is 0.496. The number of rotatable bonds is 5. The Kier molecular flexibility index (Phi) is 7.14. The smallest absolute Gasteiger partial charge is 0.312 e. The van der Waals surface area contributed by atoms with Gasteiger partial charge in [-0.3, -0.25) is 9.59 Å². The van der Waals surface area contributed by atoms with Gasteiger partial charge in [0.1, 0.15) is 0 Å². The van der Waals surface area contributed by atoms with E-state index in [4.69, 9.17) is 9.47 Å². The van der Waals surface area contributed by atoms with Crippen LogP contribution in [0.3, 0.4) is 0 Å². The Bertz CT molecular complexity index is 721. The number of esters is 1. The van der Waals surface area contributed by atoms with Gasteiger partial charge in [-0.1, -0.05) is 6.42 Å². The number of amides is 1. The van der Waals surface area contributed by atoms with Crippen LogP contribution in [-0.4, -0.2) is 49.2 Å². The first-order valence-electron chi connectivity index (χ1n) is 11.8. The normalized spacial score (nSPS) is 24.0. The molecule has 0 N–H and O–H groups in total. The number of ether oxygens (including phenoxy) is 2. The van der Waals surface area contributed by atoms with Crippen molar-refractivity contribution in [2.75, 3.05) is 26.3 Å². The molecule has 3 aliphatic rings. The van der Waals surface area contributed by atoms with Crippen LogP contribution in [0, 0.1) is 5.41 Å². The van der Waals surface area contributed by atoms with E-state index in [0.717, 1.165) is 50.0 Å². The van der Waals surface area contributed by atoms with Gasteiger partial charge in [-0.15, -0.1) is 11.3 Å². The minimum atomic E-state index is -0.512. The molecule has 1 atom stereocenters. The van der Waals surface area contributed by atoms with Crippen molar-refractivity contribution in [3.05, 3.63) is 21.4 Å². The predicted molar refractivity (Wildman–Crippen MR) is 118 cm³/mol. The van der Waals surface area contributed by atoms with Gasteiger partial charge in [-0.05, 0) is 82.8 Å². The highest BCUT2D eigenvalue weighted by molar-refractivity contribution is 7.14. The van der Waals surface area contributed by atoms with Gasteiger partial charge >= 0.3 is 5.97 Å². The Morgan fingerprint density at radius 2 is 1.97 bits per heavy atom. The van der Waals surface area contributed by atoms with Crippen molar-refractivity contribution in [2.24, 2.45) is 5.41 Å². The molecule has 0 saturated carbocycles. The Morgan fingerprint density at radius 1 is 1.17 bits per heavy atom. The Balaban J connectivity index is 1.43. The number of thiophene rings is 1. The van der Waals surface area contributed by atoms with Crippen LogP contribution in [0.2, 0.25) is 0 Å². The molecular formula is C24H35NO4S. The largest absolute Gasteiger partial charge is 0.466 e. The van der Waals surface area contributed by atoms with Crippen molar-refractivity contribution >= 4 is 23.2 Å². The fourth-order valence-corrected chi connectivity index (χ4v) is 6.47. The van der Waals surface area contributed by atoms with E-state index in [1.807, 2.05) is 11.8 Å². The molecule has 1 aromatic heterocycles. The molecular weight excluding hydrogens is 398 g/mol. The van der Waals surface area contributed by atoms with E-state index >= 15 is 0 Å². The average molecular weight is 434 g/mol. The fraction of sp³-hybridized carbons (Fsp3) is 0.750. The van der Waals surface area contributed by atoms with Gasteiger partial charge in [-0.2, -0.15) is 0 Å². The van der Waals surface area contributed by atoms with Crippen LogP contribution in [-0.2, 0) is 27.1 Å². The third kappa shape index (κ3) is 4.75. The molecule has 0 radical (unpaired) electrons. The second-order valence-electron chi connectivity index (χ2n) is 9.11. The number of hydrogen-bond donors (Lipinski definition) is 0. The molecule has 166 valence electrons. The third-order valence-corrected chi connectivity index (χ3v) is 8.29. The summed E-state index contributed by atoms with van der Waals surface area (Å²) < 4.78 is 11.4. The molecule has 0 aromatic carbocycles. The number of carbonyl (C=O) groups excluding carboxylic acids is 2. The lowest BCUT2D eigenvalue weighted by Crippen LogP contribution is -2.48. The number of piperidine rings is 1. The van der Waals surface area contributed by atoms with Gasteiger partial charge in [0.05, 0.1) is 23.0 Å². The van der Waals surface area contributed by atoms with Crippen LogP contribution in [0.25, 0.3) is 0 Å². The van der Waals surface area contributed by atoms with Gasteiger partial charge in [0, 0.05) is 24.6 Å². The van der Waals surface area contributed by atoms with Crippen molar-refractivity contribution in [2.45, 2.75) is 83.7 Å². The summed E-state index contributed by atoms with van der Waals surface area (Å²) in [6, 6.07) is 2.14. The van der Waals surface area contributed by atoms with E-state index in [0.29, 0.717) is 32.5 Å². The number of hydrogen-bond acceptors (Lipinski definition) is 5. The van der Waals surface area contributed by atoms with Crippen molar-refractivity contribution in [1.82, 2.24) is 4.90 Å². The van der Waals surface area contributed by atoms with Gasteiger partial charge in [0.2, 0.25) is 0 Å². The standard InChI is InChI=1S/C24H35NO4S/c1-2-28-23(27)24(17-19-9-6-7-15-29-19)11-13-25(14-12-24)22(26)21-16-18-8-4-3-5-10-20(18)30-21/h16,19H,2-15,17H2,1H3/t19-/m1/s1. The lowest BCUT2D eigenvalue weighted by atomic mass is 9.73. The molecule has 2 saturated heterocycles. The highest BCUT2D eigenvalue weighted by Gasteiger charge is 2.45. The van der Waals surface area contributed by atoms with E-state index in [1.165, 1.54) is 29.7 Å². The van der Waals surface area contributed by atoms with Gasteiger partial charge < -0.3 is 14.4 Å². The summed E-state index contributed by atoms with van der Waals surface area (Å²) >= 11 is 1.69. The molecule has 5 nitrogen and oxygen atoms in total. The molecule has 0 spiro atoms. The zero-order chi connectivity index (χ0) is 21.0. The maximum Gasteiger partial charge on any atom is 0.312 e. The molecule has 3 heterocycles. The number of fused-ring (bicyclic) bond motifs is 1. The van der Waals surface area contributed by atoms with Crippen LogP contribution >= 0.6 is 11.3 Å². The van der Waals surface area contributed by atoms with Crippen molar-refractivity contribution in [1.29, 1.82) is 0 Å². The lowest BCUT2D eigenvalue weighted by molar-refractivity contribution is -0.162. The van der Waals surface area contributed by atoms with E-state index in [-0.39, 0.29) is 18.0 Å². The minimum absolute atomic E-state index is 0.103. The van der Waals surface area contributed by atoms with Crippen LogP contribution < -0.4 is 0 Å².